The maximum Gasteiger partial charge on any atom is 0.252 e. The average molecular weight is 485 g/mol. The Bertz CT molecular complexity index is 1400. The first-order valence-corrected chi connectivity index (χ1v) is 13.1. The number of tetrazole rings is 1. The highest BCUT2D eigenvalue weighted by Crippen LogP contribution is 2.33. The van der Waals surface area contributed by atoms with Gasteiger partial charge in [-0.15, -0.1) is 5.10 Å². The van der Waals surface area contributed by atoms with Crippen molar-refractivity contribution in [1.82, 2.24) is 30.1 Å². The zero-order valence-electron chi connectivity index (χ0n) is 21.8. The number of benzene rings is 2. The molecular weight excluding hydrogens is 448 g/mol. The van der Waals surface area contributed by atoms with Crippen LogP contribution in [0.2, 0.25) is 0 Å². The van der Waals surface area contributed by atoms with Crippen LogP contribution in [0.5, 0.6) is 0 Å². The van der Waals surface area contributed by atoms with Crippen molar-refractivity contribution in [2.24, 2.45) is 0 Å². The summed E-state index contributed by atoms with van der Waals surface area (Å²) in [6.45, 7) is 9.65. The van der Waals surface area contributed by atoms with E-state index in [-0.39, 0.29) is 11.6 Å². The number of hydrogen-bond acceptors (Lipinski definition) is 5. The van der Waals surface area contributed by atoms with Gasteiger partial charge in [-0.1, -0.05) is 61.2 Å². The number of aromatic amines is 1. The number of fused-ring (bicyclic) bond motifs is 1. The van der Waals surface area contributed by atoms with Crippen LogP contribution in [0.3, 0.4) is 0 Å². The summed E-state index contributed by atoms with van der Waals surface area (Å²) >= 11 is 0. The van der Waals surface area contributed by atoms with E-state index in [2.05, 4.69) is 93.3 Å². The molecule has 1 fully saturated rings. The third kappa shape index (κ3) is 4.98. The predicted octanol–water partition coefficient (Wildman–Crippen LogP) is 5.71. The normalized spacial score (nSPS) is 15.2. The van der Waals surface area contributed by atoms with Crippen molar-refractivity contribution in [1.29, 1.82) is 0 Å². The summed E-state index contributed by atoms with van der Waals surface area (Å²) in [7, 11) is 0. The van der Waals surface area contributed by atoms with Crippen molar-refractivity contribution in [2.75, 3.05) is 0 Å². The maximum atomic E-state index is 13.2. The van der Waals surface area contributed by atoms with E-state index in [4.69, 9.17) is 0 Å². The summed E-state index contributed by atoms with van der Waals surface area (Å²) in [6.07, 6.45) is 5.53. The van der Waals surface area contributed by atoms with Crippen LogP contribution in [0.15, 0.2) is 47.3 Å². The van der Waals surface area contributed by atoms with Gasteiger partial charge in [0.1, 0.15) is 0 Å². The minimum absolute atomic E-state index is 0.00348. The molecule has 36 heavy (non-hydrogen) atoms. The van der Waals surface area contributed by atoms with Crippen molar-refractivity contribution < 1.29 is 0 Å². The molecule has 0 unspecified atom stereocenters. The summed E-state index contributed by atoms with van der Waals surface area (Å²) in [5.74, 6) is 0.903. The number of aromatic nitrogens is 5. The molecule has 1 saturated carbocycles. The molecule has 0 amide bonds. The molecule has 0 aliphatic heterocycles. The minimum Gasteiger partial charge on any atom is -0.321 e. The summed E-state index contributed by atoms with van der Waals surface area (Å²) < 4.78 is 2.06. The number of nitrogens with one attached hydrogen (secondary N) is 1. The van der Waals surface area contributed by atoms with Crippen LogP contribution in [0.25, 0.3) is 10.9 Å². The second-order valence-electron chi connectivity index (χ2n) is 10.4. The Morgan fingerprint density at radius 3 is 2.50 bits per heavy atom. The molecule has 2 aromatic heterocycles. The second kappa shape index (κ2) is 10.3. The summed E-state index contributed by atoms with van der Waals surface area (Å²) in [5, 5.41) is 14.1. The zero-order valence-corrected chi connectivity index (χ0v) is 21.8. The van der Waals surface area contributed by atoms with Gasteiger partial charge in [0.15, 0.2) is 5.82 Å². The van der Waals surface area contributed by atoms with Crippen molar-refractivity contribution in [3.63, 3.8) is 0 Å². The molecule has 7 nitrogen and oxygen atoms in total. The molecule has 2 aromatic carbocycles. The lowest BCUT2D eigenvalue weighted by molar-refractivity contribution is 0.158. The summed E-state index contributed by atoms with van der Waals surface area (Å²) in [5.41, 5.74) is 6.37. The van der Waals surface area contributed by atoms with E-state index in [1.807, 2.05) is 6.92 Å². The number of rotatable bonds is 8. The maximum absolute atomic E-state index is 13.2. The van der Waals surface area contributed by atoms with Crippen molar-refractivity contribution in [3.05, 3.63) is 86.5 Å². The number of hydrogen-bond donors (Lipinski definition) is 1. The molecule has 1 aliphatic carbocycles. The van der Waals surface area contributed by atoms with Crippen molar-refractivity contribution in [2.45, 2.75) is 85.0 Å². The Morgan fingerprint density at radius 1 is 1.03 bits per heavy atom. The van der Waals surface area contributed by atoms with Gasteiger partial charge in [-0.3, -0.25) is 9.69 Å². The molecule has 2 heterocycles. The van der Waals surface area contributed by atoms with E-state index in [1.165, 1.54) is 29.5 Å². The molecular formula is C29H36N6O. The minimum atomic E-state index is -0.0337. The molecule has 7 heteroatoms. The van der Waals surface area contributed by atoms with Crippen LogP contribution in [0.4, 0.5) is 0 Å². The second-order valence-corrected chi connectivity index (χ2v) is 10.4. The van der Waals surface area contributed by atoms with Gasteiger partial charge in [-0.05, 0) is 79.1 Å². The van der Waals surface area contributed by atoms with Crippen LogP contribution in [0.1, 0.15) is 84.8 Å². The quantitative estimate of drug-likeness (QED) is 0.347. The Labute approximate surface area is 212 Å². The average Bonchev–Trinajstić information content (AvgIpc) is 3.54. The number of aryl methyl sites for hydroxylation is 3. The lowest BCUT2D eigenvalue weighted by atomic mass is 10.0. The van der Waals surface area contributed by atoms with Gasteiger partial charge in [-0.2, -0.15) is 0 Å². The zero-order chi connectivity index (χ0) is 25.2. The van der Waals surface area contributed by atoms with Gasteiger partial charge in [0.05, 0.1) is 17.6 Å². The molecule has 0 bridgehead atoms. The SMILES string of the molecule is CC[C@@H](c1nnnn1C1CCCC1)N(Cc1ccc(C)cc1)Cc1cc2cc(C)cc(C)c2[nH]c1=O. The van der Waals surface area contributed by atoms with Gasteiger partial charge in [0.2, 0.25) is 0 Å². The predicted molar refractivity (Wildman–Crippen MR) is 143 cm³/mol. The first-order chi connectivity index (χ1) is 17.4. The van der Waals surface area contributed by atoms with Crippen LogP contribution in [0, 0.1) is 20.8 Å². The third-order valence-corrected chi connectivity index (χ3v) is 7.56. The van der Waals surface area contributed by atoms with Gasteiger partial charge in [0, 0.05) is 18.7 Å². The first-order valence-electron chi connectivity index (χ1n) is 13.1. The van der Waals surface area contributed by atoms with Crippen molar-refractivity contribution in [3.8, 4) is 0 Å². The number of H-pyrrole nitrogens is 1. The van der Waals surface area contributed by atoms with E-state index in [0.29, 0.717) is 19.1 Å². The molecule has 188 valence electrons. The highest BCUT2D eigenvalue weighted by molar-refractivity contribution is 5.82. The lowest BCUT2D eigenvalue weighted by Gasteiger charge is -2.31. The molecule has 1 N–H and O–H groups in total. The Kier molecular flexibility index (Phi) is 7.01. The smallest absolute Gasteiger partial charge is 0.252 e. The number of pyridine rings is 1. The standard InChI is InChI=1S/C29H36N6O/c1-5-26(28-31-32-33-35(28)25-8-6-7-9-25)34(17-22-12-10-19(2)11-13-22)18-24-16-23-15-20(3)14-21(4)27(23)30-29(24)36/h10-16,25-26H,5-9,17-18H2,1-4H3,(H,30,36)/t26-/m0/s1. The molecule has 1 aliphatic rings. The Hall–Kier alpha value is -3.32. The van der Waals surface area contributed by atoms with Gasteiger partial charge < -0.3 is 4.98 Å². The van der Waals surface area contributed by atoms with E-state index in [9.17, 15) is 4.79 Å². The molecule has 1 atom stereocenters. The van der Waals surface area contributed by atoms with E-state index in [0.717, 1.165) is 47.1 Å². The van der Waals surface area contributed by atoms with Gasteiger partial charge >= 0.3 is 0 Å². The topological polar surface area (TPSA) is 79.7 Å². The van der Waals surface area contributed by atoms with E-state index >= 15 is 0 Å². The molecule has 4 aromatic rings. The largest absolute Gasteiger partial charge is 0.321 e. The third-order valence-electron chi connectivity index (χ3n) is 7.56. The van der Waals surface area contributed by atoms with Crippen LogP contribution >= 0.6 is 0 Å². The monoisotopic (exact) mass is 484 g/mol. The van der Waals surface area contributed by atoms with E-state index in [1.54, 1.807) is 0 Å². The highest BCUT2D eigenvalue weighted by atomic mass is 16.1. The first kappa shape index (κ1) is 24.4. The Balaban J connectivity index is 1.55. The molecule has 5 rings (SSSR count). The van der Waals surface area contributed by atoms with Crippen LogP contribution in [-0.2, 0) is 13.1 Å². The highest BCUT2D eigenvalue weighted by Gasteiger charge is 2.29. The fraction of sp³-hybridized carbons (Fsp3) is 0.448. The Morgan fingerprint density at radius 2 is 1.78 bits per heavy atom. The summed E-state index contributed by atoms with van der Waals surface area (Å²) in [6, 6.07) is 15.3. The lowest BCUT2D eigenvalue weighted by Crippen LogP contribution is -2.32. The molecule has 0 spiro atoms. The summed E-state index contributed by atoms with van der Waals surface area (Å²) in [4.78, 5) is 18.8. The van der Waals surface area contributed by atoms with Gasteiger partial charge in [-0.25, -0.2) is 4.68 Å². The fourth-order valence-corrected chi connectivity index (χ4v) is 5.71. The molecule has 0 saturated heterocycles. The van der Waals surface area contributed by atoms with Crippen LogP contribution in [-0.4, -0.2) is 30.1 Å². The van der Waals surface area contributed by atoms with Crippen molar-refractivity contribution >= 4 is 10.9 Å². The van der Waals surface area contributed by atoms with Crippen LogP contribution < -0.4 is 5.56 Å². The van der Waals surface area contributed by atoms with E-state index < -0.39 is 0 Å². The fourth-order valence-electron chi connectivity index (χ4n) is 5.71. The number of nitrogens with zero attached hydrogens (tertiary/aromatic N) is 5. The van der Waals surface area contributed by atoms with Gasteiger partial charge in [0.25, 0.3) is 5.56 Å². The molecule has 0 radical (unpaired) electrons.